The van der Waals surface area contributed by atoms with Crippen LogP contribution in [0.4, 0.5) is 27.8 Å². The van der Waals surface area contributed by atoms with Gasteiger partial charge in [0.2, 0.25) is 5.95 Å². The van der Waals surface area contributed by atoms with E-state index in [-0.39, 0.29) is 24.3 Å². The molecule has 3 aromatic rings. The maximum Gasteiger partial charge on any atom is 0.322 e. The van der Waals surface area contributed by atoms with Crippen molar-refractivity contribution in [1.82, 2.24) is 14.9 Å². The fraction of sp³-hybridized carbons (Fsp3) is 0.379. The van der Waals surface area contributed by atoms with Gasteiger partial charge in [0.1, 0.15) is 6.07 Å². The lowest BCUT2D eigenvalue weighted by molar-refractivity contribution is -0.0530. The molecule has 10 nitrogen and oxygen atoms in total. The number of urea groups is 1. The Labute approximate surface area is 228 Å². The summed E-state index contributed by atoms with van der Waals surface area (Å²) in [7, 11) is 0. The van der Waals surface area contributed by atoms with Crippen LogP contribution in [0.25, 0.3) is 11.3 Å². The number of hydrogen-bond donors (Lipinski definition) is 3. The highest BCUT2D eigenvalue weighted by atomic mass is 16.5. The standard InChI is InChI=1S/C29H33N7O3/c1-19-17-36(18-20(2)39-19)29(38)33-24-5-3-4-23(15-24)32-28-31-11-8-26(34-28)21-6-7-27(22(14-21)16-30)35-12-9-25(37)10-13-35/h3-8,11,14-15,19-20,25,37H,9-10,12-13,17-18H2,1-2H3,(H,33,38)(H,31,32,34)/t19-,20+. The summed E-state index contributed by atoms with van der Waals surface area (Å²) >= 11 is 0. The van der Waals surface area contributed by atoms with Crippen molar-refractivity contribution in [2.45, 2.75) is 45.0 Å². The molecule has 2 fully saturated rings. The molecule has 3 N–H and O–H groups in total. The molecule has 0 spiro atoms. The molecule has 2 atom stereocenters. The van der Waals surface area contributed by atoms with E-state index in [0.29, 0.717) is 48.8 Å². The minimum atomic E-state index is -0.271. The van der Waals surface area contributed by atoms with Gasteiger partial charge in [-0.3, -0.25) is 0 Å². The van der Waals surface area contributed by atoms with Gasteiger partial charge in [0, 0.05) is 49.3 Å². The van der Waals surface area contributed by atoms with Crippen LogP contribution in [-0.2, 0) is 4.74 Å². The number of ether oxygens (including phenoxy) is 1. The number of carbonyl (C=O) groups is 1. The van der Waals surface area contributed by atoms with E-state index < -0.39 is 0 Å². The van der Waals surface area contributed by atoms with E-state index >= 15 is 0 Å². The maximum atomic E-state index is 12.8. The fourth-order valence-electron chi connectivity index (χ4n) is 5.10. The zero-order chi connectivity index (χ0) is 27.4. The van der Waals surface area contributed by atoms with Crippen molar-refractivity contribution in [2.24, 2.45) is 0 Å². The first-order valence-corrected chi connectivity index (χ1v) is 13.3. The van der Waals surface area contributed by atoms with Crippen molar-refractivity contribution in [1.29, 1.82) is 5.26 Å². The molecule has 2 aromatic carbocycles. The highest BCUT2D eigenvalue weighted by Gasteiger charge is 2.26. The zero-order valence-corrected chi connectivity index (χ0v) is 22.2. The molecule has 2 saturated heterocycles. The quantitative estimate of drug-likeness (QED) is 0.447. The van der Waals surface area contributed by atoms with E-state index in [1.54, 1.807) is 17.2 Å². The Bertz CT molecular complexity index is 1360. The second-order valence-corrected chi connectivity index (χ2v) is 10.1. The average molecular weight is 528 g/mol. The molecule has 10 heteroatoms. The van der Waals surface area contributed by atoms with E-state index in [2.05, 4.69) is 31.6 Å². The number of nitrogens with zero attached hydrogens (tertiary/aromatic N) is 5. The molecule has 0 aliphatic carbocycles. The minimum Gasteiger partial charge on any atom is -0.393 e. The summed E-state index contributed by atoms with van der Waals surface area (Å²) in [6.45, 7) is 6.46. The summed E-state index contributed by atoms with van der Waals surface area (Å²) in [5.74, 6) is 0.402. The topological polar surface area (TPSA) is 127 Å². The molecule has 0 radical (unpaired) electrons. The van der Waals surface area contributed by atoms with Crippen molar-refractivity contribution < 1.29 is 14.6 Å². The summed E-state index contributed by atoms with van der Waals surface area (Å²) < 4.78 is 5.72. The molecule has 0 unspecified atom stereocenters. The molecule has 0 saturated carbocycles. The predicted octanol–water partition coefficient (Wildman–Crippen LogP) is 4.36. The predicted molar refractivity (Wildman–Crippen MR) is 150 cm³/mol. The average Bonchev–Trinajstić information content (AvgIpc) is 2.93. The summed E-state index contributed by atoms with van der Waals surface area (Å²) in [6.07, 6.45) is 2.79. The monoisotopic (exact) mass is 527 g/mol. The smallest absolute Gasteiger partial charge is 0.322 e. The van der Waals surface area contributed by atoms with E-state index in [1.807, 2.05) is 56.3 Å². The first-order chi connectivity index (χ1) is 18.9. The third-order valence-corrected chi connectivity index (χ3v) is 6.95. The highest BCUT2D eigenvalue weighted by Crippen LogP contribution is 2.29. The number of nitriles is 1. The molecular formula is C29H33N7O3. The molecule has 202 valence electrons. The van der Waals surface area contributed by atoms with Crippen molar-refractivity contribution in [3.05, 3.63) is 60.3 Å². The molecule has 3 heterocycles. The lowest BCUT2D eigenvalue weighted by Gasteiger charge is -2.35. The number of amides is 2. The fourth-order valence-corrected chi connectivity index (χ4v) is 5.10. The molecule has 2 amide bonds. The Morgan fingerprint density at radius 1 is 1.08 bits per heavy atom. The second-order valence-electron chi connectivity index (χ2n) is 10.1. The van der Waals surface area contributed by atoms with E-state index in [4.69, 9.17) is 4.74 Å². The van der Waals surface area contributed by atoms with Crippen LogP contribution in [0.1, 0.15) is 32.3 Å². The van der Waals surface area contributed by atoms with Gasteiger partial charge in [-0.1, -0.05) is 12.1 Å². The van der Waals surface area contributed by atoms with Gasteiger partial charge in [0.25, 0.3) is 0 Å². The van der Waals surface area contributed by atoms with E-state index in [0.717, 1.165) is 30.0 Å². The summed E-state index contributed by atoms with van der Waals surface area (Å²) in [4.78, 5) is 25.7. The van der Waals surface area contributed by atoms with Gasteiger partial charge in [-0.2, -0.15) is 5.26 Å². The third kappa shape index (κ3) is 6.45. The highest BCUT2D eigenvalue weighted by molar-refractivity contribution is 5.90. The number of anilines is 4. The minimum absolute atomic E-state index is 0.00356. The van der Waals surface area contributed by atoms with E-state index in [1.165, 1.54) is 0 Å². The van der Waals surface area contributed by atoms with Gasteiger partial charge >= 0.3 is 6.03 Å². The number of piperidine rings is 1. The number of hydrogen-bond acceptors (Lipinski definition) is 8. The number of morpholine rings is 1. The van der Waals surface area contributed by atoms with Gasteiger partial charge < -0.3 is 30.3 Å². The number of nitrogens with one attached hydrogen (secondary N) is 2. The van der Waals surface area contributed by atoms with Crippen molar-refractivity contribution >= 4 is 29.0 Å². The van der Waals surface area contributed by atoms with Crippen LogP contribution in [0, 0.1) is 11.3 Å². The van der Waals surface area contributed by atoms with E-state index in [9.17, 15) is 15.2 Å². The van der Waals surface area contributed by atoms with Crippen molar-refractivity contribution in [2.75, 3.05) is 41.7 Å². The molecule has 39 heavy (non-hydrogen) atoms. The summed E-state index contributed by atoms with van der Waals surface area (Å²) in [5, 5.41) is 25.8. The molecule has 1 aromatic heterocycles. The molecule has 5 rings (SSSR count). The summed E-state index contributed by atoms with van der Waals surface area (Å²) in [6, 6.07) is 17.1. The van der Waals surface area contributed by atoms with Crippen LogP contribution < -0.4 is 15.5 Å². The van der Waals surface area contributed by atoms with Gasteiger partial charge in [0.15, 0.2) is 0 Å². The Morgan fingerprint density at radius 2 is 1.82 bits per heavy atom. The lowest BCUT2D eigenvalue weighted by atomic mass is 10.0. The normalized spacial score (nSPS) is 19.8. The van der Waals surface area contributed by atoms with Crippen LogP contribution in [0.2, 0.25) is 0 Å². The Balaban J connectivity index is 1.28. The largest absolute Gasteiger partial charge is 0.393 e. The van der Waals surface area contributed by atoms with Crippen LogP contribution in [0.3, 0.4) is 0 Å². The first-order valence-electron chi connectivity index (χ1n) is 13.3. The van der Waals surface area contributed by atoms with Gasteiger partial charge in [-0.15, -0.1) is 0 Å². The number of benzene rings is 2. The molecular weight excluding hydrogens is 494 g/mol. The number of rotatable bonds is 5. The summed E-state index contributed by atoms with van der Waals surface area (Å²) in [5.41, 5.74) is 4.34. The Morgan fingerprint density at radius 3 is 2.56 bits per heavy atom. The van der Waals surface area contributed by atoms with Gasteiger partial charge in [0.05, 0.1) is 35.3 Å². The third-order valence-electron chi connectivity index (χ3n) is 6.95. The number of aliphatic hydroxyl groups is 1. The Kier molecular flexibility index (Phi) is 7.91. The van der Waals surface area contributed by atoms with Crippen LogP contribution in [0.15, 0.2) is 54.7 Å². The SMILES string of the molecule is C[C@@H]1CN(C(=O)Nc2cccc(Nc3nccc(-c4ccc(N5CCC(O)CC5)c(C#N)c4)n3)c2)C[C@H](C)O1. The number of aliphatic hydroxyl groups excluding tert-OH is 1. The first kappa shape index (κ1) is 26.4. The Hall–Kier alpha value is -4.20. The van der Waals surface area contributed by atoms with Crippen LogP contribution in [-0.4, -0.2) is 70.5 Å². The second kappa shape index (κ2) is 11.7. The van der Waals surface area contributed by atoms with Crippen LogP contribution >= 0.6 is 0 Å². The molecule has 2 aliphatic heterocycles. The van der Waals surface area contributed by atoms with Gasteiger partial charge in [-0.05, 0) is 63.1 Å². The molecule has 0 bridgehead atoms. The van der Waals surface area contributed by atoms with Crippen molar-refractivity contribution in [3.8, 4) is 17.3 Å². The number of aromatic nitrogens is 2. The number of carbonyl (C=O) groups excluding carboxylic acids is 1. The maximum absolute atomic E-state index is 12.8. The van der Waals surface area contributed by atoms with Crippen LogP contribution in [0.5, 0.6) is 0 Å². The van der Waals surface area contributed by atoms with Crippen molar-refractivity contribution in [3.63, 3.8) is 0 Å². The zero-order valence-electron chi connectivity index (χ0n) is 22.2. The van der Waals surface area contributed by atoms with Gasteiger partial charge in [-0.25, -0.2) is 14.8 Å². The molecule has 2 aliphatic rings. The lowest BCUT2D eigenvalue weighted by Crippen LogP contribution is -2.49.